The fourth-order valence-corrected chi connectivity index (χ4v) is 2.14. The zero-order valence-electron chi connectivity index (χ0n) is 10.7. The van der Waals surface area contributed by atoms with E-state index in [-0.39, 0.29) is 29.4 Å². The molecule has 0 aliphatic rings. The van der Waals surface area contributed by atoms with Gasteiger partial charge >= 0.3 is 5.97 Å². The zero-order valence-corrected chi connectivity index (χ0v) is 11.5. The van der Waals surface area contributed by atoms with Crippen molar-refractivity contribution >= 4 is 34.1 Å². The number of primary amides is 1. The summed E-state index contributed by atoms with van der Waals surface area (Å²) < 4.78 is 4.83. The van der Waals surface area contributed by atoms with Gasteiger partial charge in [0.1, 0.15) is 4.88 Å². The Labute approximate surface area is 114 Å². The molecule has 1 heterocycles. The Morgan fingerprint density at radius 1 is 1.42 bits per heavy atom. The van der Waals surface area contributed by atoms with E-state index in [1.54, 1.807) is 6.92 Å². The van der Waals surface area contributed by atoms with Crippen LogP contribution in [0.4, 0.5) is 5.13 Å². The van der Waals surface area contributed by atoms with E-state index in [0.717, 1.165) is 11.3 Å². The van der Waals surface area contributed by atoms with Gasteiger partial charge in [0.2, 0.25) is 5.91 Å². The van der Waals surface area contributed by atoms with Gasteiger partial charge in [0.25, 0.3) is 0 Å². The minimum absolute atomic E-state index is 0.000856. The van der Waals surface area contributed by atoms with Crippen molar-refractivity contribution in [2.75, 3.05) is 18.5 Å². The molecule has 0 aliphatic heterocycles. The first-order valence-electron chi connectivity index (χ1n) is 5.66. The van der Waals surface area contributed by atoms with E-state index in [0.29, 0.717) is 11.7 Å². The predicted octanol–water partition coefficient (Wildman–Crippen LogP) is 0.810. The molecule has 0 unspecified atom stereocenters. The third-order valence-corrected chi connectivity index (χ3v) is 3.18. The quantitative estimate of drug-likeness (QED) is 0.566. The largest absolute Gasteiger partial charge is 0.461 e. The Morgan fingerprint density at radius 2 is 2.11 bits per heavy atom. The molecule has 1 aromatic rings. The lowest BCUT2D eigenvalue weighted by Crippen LogP contribution is -2.15. The SMILES string of the molecule is CCOC(=O)c1nc(NCCC(N)=O)sc1C(C)=O. The number of Topliss-reactive ketones (excluding diaryl/α,β-unsaturated/α-hetero) is 1. The summed E-state index contributed by atoms with van der Waals surface area (Å²) in [5.41, 5.74) is 5.00. The average molecular weight is 285 g/mol. The second-order valence-electron chi connectivity index (χ2n) is 3.62. The maximum Gasteiger partial charge on any atom is 0.358 e. The van der Waals surface area contributed by atoms with Crippen LogP contribution >= 0.6 is 11.3 Å². The number of nitrogens with zero attached hydrogens (tertiary/aromatic N) is 1. The summed E-state index contributed by atoms with van der Waals surface area (Å²) in [6.45, 7) is 3.52. The molecule has 19 heavy (non-hydrogen) atoms. The summed E-state index contributed by atoms with van der Waals surface area (Å²) in [4.78, 5) is 37.9. The van der Waals surface area contributed by atoms with Crippen molar-refractivity contribution in [3.8, 4) is 0 Å². The summed E-state index contributed by atoms with van der Waals surface area (Å²) in [6, 6.07) is 0. The van der Waals surface area contributed by atoms with Crippen LogP contribution < -0.4 is 11.1 Å². The molecule has 8 heteroatoms. The van der Waals surface area contributed by atoms with Crippen LogP contribution in [0.5, 0.6) is 0 Å². The highest BCUT2D eigenvalue weighted by Crippen LogP contribution is 2.24. The van der Waals surface area contributed by atoms with Crippen molar-refractivity contribution in [1.82, 2.24) is 4.98 Å². The van der Waals surface area contributed by atoms with Gasteiger partial charge in [-0.3, -0.25) is 9.59 Å². The molecule has 0 saturated heterocycles. The first-order chi connectivity index (χ1) is 8.95. The standard InChI is InChI=1S/C11H15N3O4S/c1-3-18-10(17)8-9(6(2)15)19-11(14-8)13-5-4-7(12)16/h3-5H2,1-2H3,(H2,12,16)(H,13,14). The van der Waals surface area contributed by atoms with Crippen molar-refractivity contribution in [1.29, 1.82) is 0 Å². The molecule has 0 aliphatic carbocycles. The number of rotatable bonds is 7. The number of ether oxygens (including phenoxy) is 1. The van der Waals surface area contributed by atoms with Gasteiger partial charge in [-0.15, -0.1) is 0 Å². The number of hydrogen-bond donors (Lipinski definition) is 2. The summed E-state index contributed by atoms with van der Waals surface area (Å²) in [7, 11) is 0. The van der Waals surface area contributed by atoms with Crippen LogP contribution in [0.3, 0.4) is 0 Å². The highest BCUT2D eigenvalue weighted by Gasteiger charge is 2.22. The van der Waals surface area contributed by atoms with Crippen LogP contribution in [0, 0.1) is 0 Å². The minimum atomic E-state index is -0.632. The lowest BCUT2D eigenvalue weighted by atomic mass is 10.3. The van der Waals surface area contributed by atoms with Crippen LogP contribution in [0.2, 0.25) is 0 Å². The molecule has 7 nitrogen and oxygen atoms in total. The van der Waals surface area contributed by atoms with Crippen LogP contribution in [0.15, 0.2) is 0 Å². The van der Waals surface area contributed by atoms with Crippen molar-refractivity contribution in [2.24, 2.45) is 5.73 Å². The highest BCUT2D eigenvalue weighted by atomic mass is 32.1. The maximum atomic E-state index is 11.6. The molecule has 0 atom stereocenters. The van der Waals surface area contributed by atoms with E-state index in [1.807, 2.05) is 0 Å². The van der Waals surface area contributed by atoms with Crippen molar-refractivity contribution < 1.29 is 19.1 Å². The minimum Gasteiger partial charge on any atom is -0.461 e. The number of esters is 1. The third kappa shape index (κ3) is 4.32. The Kier molecular flexibility index (Phi) is 5.43. The molecule has 1 amide bonds. The Hall–Kier alpha value is -1.96. The molecule has 1 rings (SSSR count). The molecule has 0 aromatic carbocycles. The molecule has 0 spiro atoms. The van der Waals surface area contributed by atoms with Gasteiger partial charge in [0.05, 0.1) is 6.61 Å². The monoisotopic (exact) mass is 285 g/mol. The van der Waals surface area contributed by atoms with Gasteiger partial charge in [-0.2, -0.15) is 0 Å². The second kappa shape index (κ2) is 6.83. The van der Waals surface area contributed by atoms with Gasteiger partial charge in [0, 0.05) is 19.9 Å². The molecule has 0 saturated carbocycles. The topological polar surface area (TPSA) is 111 Å². The lowest BCUT2D eigenvalue weighted by Gasteiger charge is -1.99. The first kappa shape index (κ1) is 15.1. The highest BCUT2D eigenvalue weighted by molar-refractivity contribution is 7.17. The third-order valence-electron chi connectivity index (χ3n) is 2.06. The Morgan fingerprint density at radius 3 is 2.63 bits per heavy atom. The second-order valence-corrected chi connectivity index (χ2v) is 4.62. The van der Waals surface area contributed by atoms with Crippen molar-refractivity contribution in [2.45, 2.75) is 20.3 Å². The normalized spacial score (nSPS) is 10.0. The maximum absolute atomic E-state index is 11.6. The number of ketones is 1. The number of carbonyl (C=O) groups is 3. The fourth-order valence-electron chi connectivity index (χ4n) is 1.26. The zero-order chi connectivity index (χ0) is 14.4. The number of nitrogens with one attached hydrogen (secondary N) is 1. The lowest BCUT2D eigenvalue weighted by molar-refractivity contribution is -0.117. The van der Waals surface area contributed by atoms with E-state index in [9.17, 15) is 14.4 Å². The number of amides is 1. The van der Waals surface area contributed by atoms with E-state index < -0.39 is 11.9 Å². The molecule has 1 aromatic heterocycles. The number of thiazole rings is 1. The molecule has 104 valence electrons. The molecular weight excluding hydrogens is 270 g/mol. The van der Waals surface area contributed by atoms with Gasteiger partial charge in [-0.05, 0) is 6.92 Å². The summed E-state index contributed by atoms with van der Waals surface area (Å²) in [5.74, 6) is -1.34. The molecule has 0 fully saturated rings. The molecule has 0 radical (unpaired) electrons. The Balaban J connectivity index is 2.85. The van der Waals surface area contributed by atoms with Gasteiger partial charge in [-0.25, -0.2) is 9.78 Å². The van der Waals surface area contributed by atoms with Gasteiger partial charge in [-0.1, -0.05) is 11.3 Å². The first-order valence-corrected chi connectivity index (χ1v) is 6.48. The number of nitrogens with two attached hydrogens (primary N) is 1. The van der Waals surface area contributed by atoms with Crippen LogP contribution in [0.1, 0.15) is 40.4 Å². The fraction of sp³-hybridized carbons (Fsp3) is 0.455. The van der Waals surface area contributed by atoms with Crippen LogP contribution in [0.25, 0.3) is 0 Å². The number of hydrogen-bond acceptors (Lipinski definition) is 7. The summed E-state index contributed by atoms with van der Waals surface area (Å²) >= 11 is 1.05. The smallest absolute Gasteiger partial charge is 0.358 e. The Bertz CT molecular complexity index is 498. The predicted molar refractivity (Wildman–Crippen MR) is 70.4 cm³/mol. The van der Waals surface area contributed by atoms with Crippen molar-refractivity contribution in [3.05, 3.63) is 10.6 Å². The number of aromatic nitrogens is 1. The number of anilines is 1. The van der Waals surface area contributed by atoms with E-state index in [2.05, 4.69) is 10.3 Å². The van der Waals surface area contributed by atoms with Crippen molar-refractivity contribution in [3.63, 3.8) is 0 Å². The van der Waals surface area contributed by atoms with E-state index in [4.69, 9.17) is 10.5 Å². The average Bonchev–Trinajstić information content (AvgIpc) is 2.73. The van der Waals surface area contributed by atoms with E-state index in [1.165, 1.54) is 6.92 Å². The van der Waals surface area contributed by atoms with Crippen LogP contribution in [-0.2, 0) is 9.53 Å². The van der Waals surface area contributed by atoms with Crippen LogP contribution in [-0.4, -0.2) is 35.8 Å². The molecular formula is C11H15N3O4S. The number of carbonyl (C=O) groups excluding carboxylic acids is 3. The molecule has 0 bridgehead atoms. The van der Waals surface area contributed by atoms with E-state index >= 15 is 0 Å². The molecule has 3 N–H and O–H groups in total. The summed E-state index contributed by atoms with van der Waals surface area (Å²) in [6.07, 6.45) is 0.143. The summed E-state index contributed by atoms with van der Waals surface area (Å²) in [5, 5.41) is 3.22. The van der Waals surface area contributed by atoms with Gasteiger partial charge in [0.15, 0.2) is 16.6 Å². The van der Waals surface area contributed by atoms with Gasteiger partial charge < -0.3 is 15.8 Å².